The Hall–Kier alpha value is -1.59. The van der Waals surface area contributed by atoms with Gasteiger partial charge in [0.15, 0.2) is 0 Å². The van der Waals surface area contributed by atoms with E-state index >= 15 is 0 Å². The van der Waals surface area contributed by atoms with Gasteiger partial charge in [-0.3, -0.25) is 0 Å². The summed E-state index contributed by atoms with van der Waals surface area (Å²) in [4.78, 5) is 17.6. The molecular formula is C13H26N6. The molecule has 1 aromatic heterocycles. The van der Waals surface area contributed by atoms with E-state index in [2.05, 4.69) is 45.9 Å². The maximum absolute atomic E-state index is 4.54. The molecule has 1 atom stereocenters. The van der Waals surface area contributed by atoms with Gasteiger partial charge in [0.1, 0.15) is 0 Å². The highest BCUT2D eigenvalue weighted by molar-refractivity contribution is 5.44. The first-order valence-electron chi connectivity index (χ1n) is 6.97. The van der Waals surface area contributed by atoms with Gasteiger partial charge in [-0.05, 0) is 27.2 Å². The first-order valence-corrected chi connectivity index (χ1v) is 6.97. The van der Waals surface area contributed by atoms with Crippen LogP contribution in [0.15, 0.2) is 0 Å². The van der Waals surface area contributed by atoms with Crippen LogP contribution in [-0.2, 0) is 0 Å². The quantitative estimate of drug-likeness (QED) is 0.814. The van der Waals surface area contributed by atoms with Crippen molar-refractivity contribution in [1.82, 2.24) is 15.0 Å². The Labute approximate surface area is 116 Å². The van der Waals surface area contributed by atoms with Crippen LogP contribution in [0, 0.1) is 0 Å². The van der Waals surface area contributed by atoms with Crippen molar-refractivity contribution in [3.05, 3.63) is 0 Å². The lowest BCUT2D eigenvalue weighted by molar-refractivity contribution is 0.613. The maximum atomic E-state index is 4.54. The molecule has 0 aliphatic carbocycles. The topological polar surface area (TPSA) is 57.2 Å². The smallest absolute Gasteiger partial charge is 0.232 e. The van der Waals surface area contributed by atoms with Gasteiger partial charge in [-0.15, -0.1) is 0 Å². The zero-order valence-corrected chi connectivity index (χ0v) is 12.9. The minimum atomic E-state index is 0.414. The monoisotopic (exact) mass is 266 g/mol. The molecule has 0 saturated heterocycles. The van der Waals surface area contributed by atoms with Crippen LogP contribution in [0.25, 0.3) is 0 Å². The molecule has 6 heteroatoms. The van der Waals surface area contributed by atoms with Gasteiger partial charge < -0.3 is 15.1 Å². The second-order valence-electron chi connectivity index (χ2n) is 4.73. The molecule has 1 rings (SSSR count). The summed E-state index contributed by atoms with van der Waals surface area (Å²) in [5.41, 5.74) is 0. The van der Waals surface area contributed by atoms with E-state index in [4.69, 9.17) is 0 Å². The molecule has 0 aromatic carbocycles. The van der Waals surface area contributed by atoms with Crippen molar-refractivity contribution in [2.75, 3.05) is 42.3 Å². The summed E-state index contributed by atoms with van der Waals surface area (Å²) in [5, 5.41) is 3.16. The molecular weight excluding hydrogens is 240 g/mol. The Morgan fingerprint density at radius 1 is 1.05 bits per heavy atom. The molecule has 0 spiro atoms. The molecule has 1 unspecified atom stereocenters. The Bertz CT molecular complexity index is 393. The fourth-order valence-corrected chi connectivity index (χ4v) is 1.79. The average molecular weight is 266 g/mol. The zero-order chi connectivity index (χ0) is 14.4. The average Bonchev–Trinajstić information content (AvgIpc) is 2.39. The van der Waals surface area contributed by atoms with Crippen LogP contribution in [0.2, 0.25) is 0 Å². The van der Waals surface area contributed by atoms with Crippen LogP contribution in [-0.4, -0.2) is 48.2 Å². The number of rotatable bonds is 7. The third kappa shape index (κ3) is 3.94. The van der Waals surface area contributed by atoms with Gasteiger partial charge in [0.25, 0.3) is 0 Å². The van der Waals surface area contributed by atoms with Gasteiger partial charge in [0.05, 0.1) is 0 Å². The van der Waals surface area contributed by atoms with Crippen molar-refractivity contribution in [2.45, 2.75) is 40.2 Å². The van der Waals surface area contributed by atoms with Gasteiger partial charge in [-0.2, -0.15) is 15.0 Å². The van der Waals surface area contributed by atoms with Gasteiger partial charge in [0.2, 0.25) is 17.8 Å². The fourth-order valence-electron chi connectivity index (χ4n) is 1.79. The van der Waals surface area contributed by atoms with E-state index in [-0.39, 0.29) is 0 Å². The van der Waals surface area contributed by atoms with Gasteiger partial charge in [-0.25, -0.2) is 0 Å². The first kappa shape index (κ1) is 15.5. The lowest BCUT2D eigenvalue weighted by atomic mass is 10.2. The molecule has 0 aliphatic rings. The van der Waals surface area contributed by atoms with Crippen LogP contribution in [0.5, 0.6) is 0 Å². The summed E-state index contributed by atoms with van der Waals surface area (Å²) >= 11 is 0. The number of hydrogen-bond acceptors (Lipinski definition) is 6. The molecule has 0 radical (unpaired) electrons. The predicted octanol–water partition coefficient (Wildman–Crippen LogP) is 1.99. The van der Waals surface area contributed by atoms with Gasteiger partial charge in [0, 0.05) is 33.2 Å². The van der Waals surface area contributed by atoms with E-state index in [1.165, 1.54) is 0 Å². The van der Waals surface area contributed by atoms with Crippen molar-refractivity contribution < 1.29 is 0 Å². The van der Waals surface area contributed by atoms with Crippen molar-refractivity contribution in [3.8, 4) is 0 Å². The van der Waals surface area contributed by atoms with Crippen LogP contribution in [0.3, 0.4) is 0 Å². The molecule has 6 nitrogen and oxygen atoms in total. The number of hydrogen-bond donors (Lipinski definition) is 1. The van der Waals surface area contributed by atoms with Crippen LogP contribution in [0.4, 0.5) is 17.8 Å². The summed E-state index contributed by atoms with van der Waals surface area (Å²) in [6.07, 6.45) is 1.06. The van der Waals surface area contributed by atoms with Crippen molar-refractivity contribution in [1.29, 1.82) is 0 Å². The molecule has 0 fully saturated rings. The first-order chi connectivity index (χ1) is 9.03. The van der Waals surface area contributed by atoms with Crippen LogP contribution >= 0.6 is 0 Å². The highest BCUT2D eigenvalue weighted by atomic mass is 15.4. The highest BCUT2D eigenvalue weighted by Gasteiger charge is 2.17. The van der Waals surface area contributed by atoms with Crippen molar-refractivity contribution in [3.63, 3.8) is 0 Å². The molecule has 108 valence electrons. The number of anilines is 3. The highest BCUT2D eigenvalue weighted by Crippen LogP contribution is 2.18. The minimum absolute atomic E-state index is 0.414. The van der Waals surface area contributed by atoms with Gasteiger partial charge in [-0.1, -0.05) is 6.92 Å². The minimum Gasteiger partial charge on any atom is -0.354 e. The molecule has 0 amide bonds. The van der Waals surface area contributed by atoms with E-state index in [0.717, 1.165) is 25.5 Å². The number of nitrogens with one attached hydrogen (secondary N) is 1. The number of aromatic nitrogens is 3. The Balaban J connectivity index is 3.16. The lowest BCUT2D eigenvalue weighted by Gasteiger charge is -2.28. The van der Waals surface area contributed by atoms with Crippen molar-refractivity contribution >= 4 is 17.8 Å². The van der Waals surface area contributed by atoms with Crippen LogP contribution in [0.1, 0.15) is 34.1 Å². The lowest BCUT2D eigenvalue weighted by Crippen LogP contribution is -2.34. The normalized spacial score (nSPS) is 12.1. The molecule has 19 heavy (non-hydrogen) atoms. The predicted molar refractivity (Wildman–Crippen MR) is 81.1 cm³/mol. The van der Waals surface area contributed by atoms with E-state index in [0.29, 0.717) is 17.9 Å². The maximum Gasteiger partial charge on any atom is 0.232 e. The summed E-state index contributed by atoms with van der Waals surface area (Å²) in [6, 6.07) is 0.414. The van der Waals surface area contributed by atoms with E-state index in [1.54, 1.807) is 0 Å². The molecule has 1 N–H and O–H groups in total. The molecule has 0 aliphatic heterocycles. The zero-order valence-electron chi connectivity index (χ0n) is 12.9. The summed E-state index contributed by atoms with van der Waals surface area (Å²) < 4.78 is 0. The SMILES string of the molecule is CCNc1nc(N(C)C)nc(N(CC)C(C)CC)n1. The molecule has 0 saturated carbocycles. The second kappa shape index (κ2) is 7.11. The molecule has 1 aromatic rings. The third-order valence-corrected chi connectivity index (χ3v) is 3.07. The standard InChI is InChI=1S/C13H26N6/c1-7-10(4)19(9-3)13-16-11(14-8-2)15-12(17-13)18(5)6/h10H,7-9H2,1-6H3,(H,14,15,16,17). The summed E-state index contributed by atoms with van der Waals surface area (Å²) in [6.45, 7) is 10.2. The van der Waals surface area contributed by atoms with Crippen molar-refractivity contribution in [2.24, 2.45) is 0 Å². The second-order valence-corrected chi connectivity index (χ2v) is 4.73. The van der Waals surface area contributed by atoms with Crippen LogP contribution < -0.4 is 15.1 Å². The Kier molecular flexibility index (Phi) is 5.79. The van der Waals surface area contributed by atoms with E-state index in [9.17, 15) is 0 Å². The molecule has 0 bridgehead atoms. The fraction of sp³-hybridized carbons (Fsp3) is 0.769. The Morgan fingerprint density at radius 2 is 1.68 bits per heavy atom. The van der Waals surface area contributed by atoms with E-state index < -0.39 is 0 Å². The summed E-state index contributed by atoms with van der Waals surface area (Å²) in [7, 11) is 3.88. The number of nitrogens with zero attached hydrogens (tertiary/aromatic N) is 5. The van der Waals surface area contributed by atoms with Gasteiger partial charge >= 0.3 is 0 Å². The van der Waals surface area contributed by atoms with E-state index in [1.807, 2.05) is 25.9 Å². The Morgan fingerprint density at radius 3 is 2.16 bits per heavy atom. The summed E-state index contributed by atoms with van der Waals surface area (Å²) in [5.74, 6) is 2.06. The third-order valence-electron chi connectivity index (χ3n) is 3.07. The molecule has 1 heterocycles. The largest absolute Gasteiger partial charge is 0.354 e.